The summed E-state index contributed by atoms with van der Waals surface area (Å²) in [4.78, 5) is 12.4. The van der Waals surface area contributed by atoms with Crippen molar-refractivity contribution in [3.63, 3.8) is 0 Å². The molecule has 1 aromatic heterocycles. The average Bonchev–Trinajstić information content (AvgIpc) is 3.10. The molecule has 1 amide bonds. The van der Waals surface area contributed by atoms with E-state index in [0.717, 1.165) is 16.8 Å². The highest BCUT2D eigenvalue weighted by Crippen LogP contribution is 2.23. The van der Waals surface area contributed by atoms with E-state index < -0.39 is 5.91 Å². The van der Waals surface area contributed by atoms with Gasteiger partial charge in [-0.2, -0.15) is 10.4 Å². The first-order valence-electron chi connectivity index (χ1n) is 7.76. The van der Waals surface area contributed by atoms with Gasteiger partial charge in [-0.15, -0.1) is 0 Å². The van der Waals surface area contributed by atoms with Gasteiger partial charge in [-0.25, -0.2) is 0 Å². The number of hydrogen-bond acceptors (Lipinski definition) is 3. The molecule has 0 aliphatic rings. The number of anilines is 1. The van der Waals surface area contributed by atoms with Crippen molar-refractivity contribution in [3.8, 4) is 17.3 Å². The number of benzene rings is 2. The summed E-state index contributed by atoms with van der Waals surface area (Å²) in [6, 6.07) is 19.0. The van der Waals surface area contributed by atoms with E-state index in [-0.39, 0.29) is 5.57 Å². The van der Waals surface area contributed by atoms with Crippen molar-refractivity contribution in [1.29, 1.82) is 5.26 Å². The molecular weight excluding hydrogens is 312 g/mol. The van der Waals surface area contributed by atoms with Gasteiger partial charge in [0.1, 0.15) is 11.6 Å². The number of carbonyl (C=O) groups is 1. The first-order chi connectivity index (χ1) is 12.2. The fourth-order valence-corrected chi connectivity index (χ4v) is 2.45. The second kappa shape index (κ2) is 7.28. The van der Waals surface area contributed by atoms with Crippen LogP contribution >= 0.6 is 0 Å². The number of nitrogens with zero attached hydrogens (tertiary/aromatic N) is 2. The summed E-state index contributed by atoms with van der Waals surface area (Å²) in [5, 5.41) is 19.1. The van der Waals surface area contributed by atoms with Crippen LogP contribution in [0.4, 0.5) is 5.69 Å². The molecule has 0 radical (unpaired) electrons. The quantitative estimate of drug-likeness (QED) is 0.562. The van der Waals surface area contributed by atoms with Crippen LogP contribution in [0.25, 0.3) is 17.3 Å². The predicted molar refractivity (Wildman–Crippen MR) is 97.4 cm³/mol. The Kier molecular flexibility index (Phi) is 4.72. The maximum atomic E-state index is 12.4. The zero-order chi connectivity index (χ0) is 17.6. The molecule has 5 nitrogen and oxygen atoms in total. The van der Waals surface area contributed by atoms with Crippen molar-refractivity contribution in [3.05, 3.63) is 77.5 Å². The number of nitrogens with one attached hydrogen (secondary N) is 2. The lowest BCUT2D eigenvalue weighted by Crippen LogP contribution is -2.14. The second-order valence-corrected chi connectivity index (χ2v) is 5.51. The van der Waals surface area contributed by atoms with Crippen molar-refractivity contribution < 1.29 is 4.79 Å². The van der Waals surface area contributed by atoms with Gasteiger partial charge in [-0.05, 0) is 24.6 Å². The SMILES string of the molecule is Cc1ccccc1NC(=O)C(C#N)=Cc1cn[nH]c1-c1ccccc1. The Labute approximate surface area is 145 Å². The number of rotatable bonds is 4. The van der Waals surface area contributed by atoms with E-state index in [2.05, 4.69) is 15.5 Å². The van der Waals surface area contributed by atoms with Gasteiger partial charge >= 0.3 is 0 Å². The Morgan fingerprint density at radius 2 is 1.88 bits per heavy atom. The van der Waals surface area contributed by atoms with Crippen molar-refractivity contribution in [2.75, 3.05) is 5.32 Å². The van der Waals surface area contributed by atoms with E-state index in [1.165, 1.54) is 0 Å². The third-order valence-electron chi connectivity index (χ3n) is 3.79. The summed E-state index contributed by atoms with van der Waals surface area (Å²) in [7, 11) is 0. The molecule has 0 aliphatic carbocycles. The number of aromatic nitrogens is 2. The van der Waals surface area contributed by atoms with E-state index in [1.807, 2.05) is 61.5 Å². The van der Waals surface area contributed by atoms with Crippen LogP contribution in [0.1, 0.15) is 11.1 Å². The molecule has 0 fully saturated rings. The number of nitriles is 1. The van der Waals surface area contributed by atoms with E-state index in [4.69, 9.17) is 0 Å². The molecule has 1 heterocycles. The molecule has 25 heavy (non-hydrogen) atoms. The molecule has 3 aromatic rings. The fourth-order valence-electron chi connectivity index (χ4n) is 2.45. The summed E-state index contributed by atoms with van der Waals surface area (Å²) in [5.41, 5.74) is 4.01. The second-order valence-electron chi connectivity index (χ2n) is 5.51. The van der Waals surface area contributed by atoms with Gasteiger partial charge in [0.2, 0.25) is 0 Å². The molecule has 0 unspecified atom stereocenters. The van der Waals surface area contributed by atoms with Gasteiger partial charge in [0, 0.05) is 16.8 Å². The number of carbonyl (C=O) groups excluding carboxylic acids is 1. The summed E-state index contributed by atoms with van der Waals surface area (Å²) < 4.78 is 0. The van der Waals surface area contributed by atoms with Crippen LogP contribution in [0, 0.1) is 18.3 Å². The monoisotopic (exact) mass is 328 g/mol. The van der Waals surface area contributed by atoms with Crippen LogP contribution in [-0.2, 0) is 4.79 Å². The smallest absolute Gasteiger partial charge is 0.266 e. The highest BCUT2D eigenvalue weighted by Gasteiger charge is 2.13. The minimum Gasteiger partial charge on any atom is -0.321 e. The Morgan fingerprint density at radius 3 is 2.60 bits per heavy atom. The van der Waals surface area contributed by atoms with Crippen molar-refractivity contribution in [2.24, 2.45) is 0 Å². The van der Waals surface area contributed by atoms with Gasteiger partial charge in [0.05, 0.1) is 11.9 Å². The van der Waals surface area contributed by atoms with Crippen LogP contribution in [-0.4, -0.2) is 16.1 Å². The zero-order valence-corrected chi connectivity index (χ0v) is 13.7. The molecule has 122 valence electrons. The number of para-hydroxylation sites is 1. The minimum absolute atomic E-state index is 0.0156. The maximum absolute atomic E-state index is 12.4. The summed E-state index contributed by atoms with van der Waals surface area (Å²) in [6.45, 7) is 1.90. The maximum Gasteiger partial charge on any atom is 0.266 e. The standard InChI is InChI=1S/C20H16N4O/c1-14-7-5-6-10-18(14)23-20(25)16(12-21)11-17-13-22-24-19(17)15-8-3-2-4-9-15/h2-11,13H,1H3,(H,22,24)(H,23,25). The largest absolute Gasteiger partial charge is 0.321 e. The molecule has 2 N–H and O–H groups in total. The van der Waals surface area contributed by atoms with Crippen LogP contribution in [0.2, 0.25) is 0 Å². The molecule has 0 atom stereocenters. The third-order valence-corrected chi connectivity index (χ3v) is 3.79. The van der Waals surface area contributed by atoms with Crippen LogP contribution < -0.4 is 5.32 Å². The topological polar surface area (TPSA) is 81.6 Å². The van der Waals surface area contributed by atoms with Gasteiger partial charge in [-0.3, -0.25) is 9.89 Å². The summed E-state index contributed by atoms with van der Waals surface area (Å²) >= 11 is 0. The van der Waals surface area contributed by atoms with Crippen LogP contribution in [0.15, 0.2) is 66.4 Å². The summed E-state index contributed by atoms with van der Waals surface area (Å²) in [5.74, 6) is -0.447. The average molecular weight is 328 g/mol. The molecule has 0 spiro atoms. The number of aryl methyl sites for hydroxylation is 1. The normalized spacial score (nSPS) is 11.0. The predicted octanol–water partition coefficient (Wildman–Crippen LogP) is 3.93. The van der Waals surface area contributed by atoms with E-state index in [1.54, 1.807) is 18.3 Å². The Balaban J connectivity index is 1.90. The lowest BCUT2D eigenvalue weighted by molar-refractivity contribution is -0.112. The minimum atomic E-state index is -0.447. The van der Waals surface area contributed by atoms with Crippen LogP contribution in [0.5, 0.6) is 0 Å². The van der Waals surface area contributed by atoms with Crippen LogP contribution in [0.3, 0.4) is 0 Å². The van der Waals surface area contributed by atoms with E-state index in [9.17, 15) is 10.1 Å². The van der Waals surface area contributed by atoms with Crippen molar-refractivity contribution in [2.45, 2.75) is 6.92 Å². The fraction of sp³-hybridized carbons (Fsp3) is 0.0500. The first-order valence-corrected chi connectivity index (χ1v) is 7.76. The lowest BCUT2D eigenvalue weighted by Gasteiger charge is -2.07. The lowest BCUT2D eigenvalue weighted by atomic mass is 10.1. The van der Waals surface area contributed by atoms with Gasteiger partial charge in [0.15, 0.2) is 0 Å². The molecule has 0 bridgehead atoms. The Hall–Kier alpha value is -3.65. The molecule has 3 rings (SSSR count). The highest BCUT2D eigenvalue weighted by molar-refractivity contribution is 6.10. The zero-order valence-electron chi connectivity index (χ0n) is 13.7. The molecule has 2 aromatic carbocycles. The highest BCUT2D eigenvalue weighted by atomic mass is 16.1. The molecular formula is C20H16N4O. The van der Waals surface area contributed by atoms with Gasteiger partial charge in [-0.1, -0.05) is 48.5 Å². The Bertz CT molecular complexity index is 965. The molecule has 0 aliphatic heterocycles. The number of aromatic amines is 1. The number of hydrogen-bond donors (Lipinski definition) is 2. The molecule has 5 heteroatoms. The third kappa shape index (κ3) is 3.65. The van der Waals surface area contributed by atoms with Gasteiger partial charge in [0.25, 0.3) is 5.91 Å². The van der Waals surface area contributed by atoms with Crippen molar-refractivity contribution in [1.82, 2.24) is 10.2 Å². The Morgan fingerprint density at radius 1 is 1.16 bits per heavy atom. The van der Waals surface area contributed by atoms with Crippen molar-refractivity contribution >= 4 is 17.7 Å². The van der Waals surface area contributed by atoms with E-state index >= 15 is 0 Å². The first kappa shape index (κ1) is 16.2. The number of amides is 1. The molecule has 0 saturated heterocycles. The summed E-state index contributed by atoms with van der Waals surface area (Å²) in [6.07, 6.45) is 3.14. The molecule has 0 saturated carbocycles. The van der Waals surface area contributed by atoms with E-state index in [0.29, 0.717) is 11.3 Å². The number of H-pyrrole nitrogens is 1. The van der Waals surface area contributed by atoms with Gasteiger partial charge < -0.3 is 5.32 Å².